The Morgan fingerprint density at radius 1 is 1.50 bits per heavy atom. The number of Topliss-reactive ketones (excluding diaryl/α,β-unsaturated/α-hetero) is 1. The number of ketones is 1. The number of carbonyl (C=O) groups is 1. The molecule has 18 heavy (non-hydrogen) atoms. The number of hydrogen-bond acceptors (Lipinski definition) is 4. The van der Waals surface area contributed by atoms with Crippen molar-refractivity contribution in [2.45, 2.75) is 46.0 Å². The fraction of sp³-hybridized carbons (Fsp3) is 0.643. The van der Waals surface area contributed by atoms with Crippen molar-refractivity contribution >= 4 is 27.8 Å². The Hall–Kier alpha value is -1.03. The highest BCUT2D eigenvalue weighted by Gasteiger charge is 2.32. The van der Waals surface area contributed by atoms with Gasteiger partial charge >= 0.3 is 0 Å². The molecule has 0 spiro atoms. The van der Waals surface area contributed by atoms with Crippen molar-refractivity contribution in [2.24, 2.45) is 5.92 Å². The van der Waals surface area contributed by atoms with Crippen LogP contribution in [0.15, 0.2) is 0 Å². The predicted molar refractivity (Wildman–Crippen MR) is 78.7 cm³/mol. The van der Waals surface area contributed by atoms with E-state index >= 15 is 0 Å². The summed E-state index contributed by atoms with van der Waals surface area (Å²) in [6.45, 7) is 6.98. The van der Waals surface area contributed by atoms with Crippen molar-refractivity contribution in [3.63, 3.8) is 0 Å². The third-order valence-electron chi connectivity index (χ3n) is 3.30. The van der Waals surface area contributed by atoms with Gasteiger partial charge in [0.1, 0.15) is 0 Å². The molecule has 1 aliphatic carbocycles. The van der Waals surface area contributed by atoms with Crippen LogP contribution >= 0.6 is 11.3 Å². The first-order chi connectivity index (χ1) is 8.50. The van der Waals surface area contributed by atoms with Gasteiger partial charge in [0.2, 0.25) is 0 Å². The Labute approximate surface area is 113 Å². The van der Waals surface area contributed by atoms with Crippen LogP contribution in [0.3, 0.4) is 0 Å². The van der Waals surface area contributed by atoms with Gasteiger partial charge in [0, 0.05) is 19.0 Å². The molecule has 100 valence electrons. The molecular weight excluding hydrogens is 244 g/mol. The SMILES string of the molecule is CC(=O)c1sc(NCCC(C)C)c(C2CC2)c1N. The zero-order valence-corrected chi connectivity index (χ0v) is 12.2. The molecule has 2 rings (SSSR count). The monoisotopic (exact) mass is 266 g/mol. The van der Waals surface area contributed by atoms with E-state index in [9.17, 15) is 4.79 Å². The summed E-state index contributed by atoms with van der Waals surface area (Å²) in [6.07, 6.45) is 3.55. The Balaban J connectivity index is 2.17. The maximum absolute atomic E-state index is 11.6. The quantitative estimate of drug-likeness (QED) is 0.768. The standard InChI is InChI=1S/C14H22N2OS/c1-8(2)6-7-16-14-11(10-4-5-10)12(15)13(18-14)9(3)17/h8,10,16H,4-7,15H2,1-3H3. The van der Waals surface area contributed by atoms with Gasteiger partial charge in [-0.2, -0.15) is 0 Å². The fourth-order valence-corrected chi connectivity index (χ4v) is 3.23. The van der Waals surface area contributed by atoms with Gasteiger partial charge in [-0.15, -0.1) is 11.3 Å². The summed E-state index contributed by atoms with van der Waals surface area (Å²) in [4.78, 5) is 12.3. The van der Waals surface area contributed by atoms with Gasteiger partial charge in [-0.05, 0) is 31.1 Å². The molecule has 1 aromatic rings. The molecular formula is C14H22N2OS. The summed E-state index contributed by atoms with van der Waals surface area (Å²) in [7, 11) is 0. The molecule has 3 N–H and O–H groups in total. The third-order valence-corrected chi connectivity index (χ3v) is 4.58. The van der Waals surface area contributed by atoms with Gasteiger partial charge in [-0.25, -0.2) is 0 Å². The number of nitrogen functional groups attached to an aromatic ring is 1. The van der Waals surface area contributed by atoms with E-state index in [0.29, 0.717) is 11.8 Å². The maximum atomic E-state index is 11.6. The van der Waals surface area contributed by atoms with Gasteiger partial charge in [0.25, 0.3) is 0 Å². The smallest absolute Gasteiger partial charge is 0.171 e. The number of anilines is 2. The second-order valence-corrected chi connectivity index (χ2v) is 6.55. The van der Waals surface area contributed by atoms with Crippen LogP contribution in [0.5, 0.6) is 0 Å². The molecule has 0 saturated heterocycles. The van der Waals surface area contributed by atoms with Crippen molar-refractivity contribution < 1.29 is 4.79 Å². The van der Waals surface area contributed by atoms with E-state index in [1.807, 2.05) is 0 Å². The Bertz CT molecular complexity index is 447. The molecule has 0 radical (unpaired) electrons. The highest BCUT2D eigenvalue weighted by molar-refractivity contribution is 7.18. The van der Waals surface area contributed by atoms with Crippen molar-refractivity contribution in [1.29, 1.82) is 0 Å². The van der Waals surface area contributed by atoms with Crippen LogP contribution in [-0.4, -0.2) is 12.3 Å². The van der Waals surface area contributed by atoms with E-state index in [1.165, 1.54) is 29.7 Å². The van der Waals surface area contributed by atoms with Crippen LogP contribution in [0.1, 0.15) is 61.2 Å². The second-order valence-electron chi connectivity index (χ2n) is 5.53. The zero-order chi connectivity index (χ0) is 13.3. The zero-order valence-electron chi connectivity index (χ0n) is 11.4. The summed E-state index contributed by atoms with van der Waals surface area (Å²) >= 11 is 1.53. The fourth-order valence-electron chi connectivity index (χ4n) is 2.10. The molecule has 3 nitrogen and oxygen atoms in total. The number of thiophene rings is 1. The molecule has 0 unspecified atom stereocenters. The van der Waals surface area contributed by atoms with E-state index in [0.717, 1.165) is 28.5 Å². The van der Waals surface area contributed by atoms with Crippen LogP contribution in [0.4, 0.5) is 10.7 Å². The highest BCUT2D eigenvalue weighted by atomic mass is 32.1. The topological polar surface area (TPSA) is 55.1 Å². The molecule has 4 heteroatoms. The van der Waals surface area contributed by atoms with E-state index in [1.54, 1.807) is 6.92 Å². The summed E-state index contributed by atoms with van der Waals surface area (Å²) in [5.41, 5.74) is 8.05. The summed E-state index contributed by atoms with van der Waals surface area (Å²) in [5, 5.41) is 4.59. The van der Waals surface area contributed by atoms with Crippen LogP contribution in [0.25, 0.3) is 0 Å². The molecule has 1 aromatic heterocycles. The lowest BCUT2D eigenvalue weighted by Crippen LogP contribution is -2.05. The first-order valence-electron chi connectivity index (χ1n) is 6.67. The average Bonchev–Trinajstić information content (AvgIpc) is 3.04. The Kier molecular flexibility index (Phi) is 3.95. The minimum Gasteiger partial charge on any atom is -0.397 e. The highest BCUT2D eigenvalue weighted by Crippen LogP contribution is 2.50. The first-order valence-corrected chi connectivity index (χ1v) is 7.49. The largest absolute Gasteiger partial charge is 0.397 e. The van der Waals surface area contributed by atoms with Crippen LogP contribution < -0.4 is 11.1 Å². The molecule has 0 aromatic carbocycles. The lowest BCUT2D eigenvalue weighted by molar-refractivity contribution is 0.102. The number of hydrogen-bond donors (Lipinski definition) is 2. The van der Waals surface area contributed by atoms with Gasteiger partial charge < -0.3 is 11.1 Å². The minimum atomic E-state index is 0.0799. The van der Waals surface area contributed by atoms with Crippen molar-refractivity contribution in [2.75, 3.05) is 17.6 Å². The van der Waals surface area contributed by atoms with E-state index in [2.05, 4.69) is 19.2 Å². The third kappa shape index (κ3) is 2.86. The second kappa shape index (κ2) is 5.31. The predicted octanol–water partition coefficient (Wildman–Crippen LogP) is 3.87. The average molecular weight is 266 g/mol. The maximum Gasteiger partial charge on any atom is 0.171 e. The summed E-state index contributed by atoms with van der Waals surface area (Å²) < 4.78 is 0. The Morgan fingerprint density at radius 3 is 2.67 bits per heavy atom. The summed E-state index contributed by atoms with van der Waals surface area (Å²) in [5.74, 6) is 1.35. The van der Waals surface area contributed by atoms with E-state index < -0.39 is 0 Å². The lowest BCUT2D eigenvalue weighted by atomic mass is 10.1. The molecule has 0 atom stereocenters. The van der Waals surface area contributed by atoms with Crippen LogP contribution in [-0.2, 0) is 0 Å². The number of nitrogens with two attached hydrogens (primary N) is 1. The number of rotatable bonds is 6. The Morgan fingerprint density at radius 2 is 2.17 bits per heavy atom. The molecule has 1 fully saturated rings. The molecule has 1 heterocycles. The van der Waals surface area contributed by atoms with Crippen molar-refractivity contribution in [1.82, 2.24) is 0 Å². The number of nitrogens with one attached hydrogen (secondary N) is 1. The van der Waals surface area contributed by atoms with Gasteiger partial charge in [-0.1, -0.05) is 13.8 Å². The molecule has 0 aliphatic heterocycles. The molecule has 0 amide bonds. The van der Waals surface area contributed by atoms with Crippen LogP contribution in [0.2, 0.25) is 0 Å². The minimum absolute atomic E-state index is 0.0799. The first kappa shape index (κ1) is 13.4. The summed E-state index contributed by atoms with van der Waals surface area (Å²) in [6, 6.07) is 0. The van der Waals surface area contributed by atoms with Gasteiger partial charge in [0.15, 0.2) is 5.78 Å². The van der Waals surface area contributed by atoms with E-state index in [-0.39, 0.29) is 5.78 Å². The van der Waals surface area contributed by atoms with Crippen molar-refractivity contribution in [3.8, 4) is 0 Å². The number of carbonyl (C=O) groups excluding carboxylic acids is 1. The molecule has 0 bridgehead atoms. The van der Waals surface area contributed by atoms with Gasteiger partial charge in [0.05, 0.1) is 15.6 Å². The van der Waals surface area contributed by atoms with Gasteiger partial charge in [-0.3, -0.25) is 4.79 Å². The van der Waals surface area contributed by atoms with Crippen LogP contribution in [0, 0.1) is 5.92 Å². The molecule has 1 aliphatic rings. The lowest BCUT2D eigenvalue weighted by Gasteiger charge is -2.08. The van der Waals surface area contributed by atoms with Crippen molar-refractivity contribution in [3.05, 3.63) is 10.4 Å². The molecule has 1 saturated carbocycles. The normalized spacial score (nSPS) is 15.1. The van der Waals surface area contributed by atoms with E-state index in [4.69, 9.17) is 5.73 Å².